The molecule has 0 saturated heterocycles. The van der Waals surface area contributed by atoms with Gasteiger partial charge in [0.1, 0.15) is 5.75 Å². The predicted octanol–water partition coefficient (Wildman–Crippen LogP) is 1.16. The third kappa shape index (κ3) is 1.02. The average molecular weight is 177 g/mol. The van der Waals surface area contributed by atoms with Gasteiger partial charge in [0.05, 0.1) is 24.5 Å². The Morgan fingerprint density at radius 2 is 2.23 bits per heavy atom. The second-order valence-electron chi connectivity index (χ2n) is 2.88. The highest BCUT2D eigenvalue weighted by molar-refractivity contribution is 5.93. The summed E-state index contributed by atoms with van der Waals surface area (Å²) in [4.78, 5) is 0. The molecular weight excluding hydrogens is 166 g/mol. The van der Waals surface area contributed by atoms with Crippen LogP contribution < -0.4 is 10.5 Å². The second-order valence-corrected chi connectivity index (χ2v) is 2.88. The highest BCUT2D eigenvalue weighted by Crippen LogP contribution is 2.29. The molecular formula is C9H11N3O. The van der Waals surface area contributed by atoms with Crippen molar-refractivity contribution < 1.29 is 4.74 Å². The van der Waals surface area contributed by atoms with E-state index < -0.39 is 0 Å². The molecule has 0 aliphatic rings. The van der Waals surface area contributed by atoms with Gasteiger partial charge < -0.3 is 10.5 Å². The zero-order valence-corrected chi connectivity index (χ0v) is 7.61. The van der Waals surface area contributed by atoms with E-state index in [2.05, 4.69) is 5.10 Å². The number of aromatic nitrogens is 2. The maximum absolute atomic E-state index is 5.86. The summed E-state index contributed by atoms with van der Waals surface area (Å²) >= 11 is 0. The molecule has 2 N–H and O–H groups in total. The normalized spacial score (nSPS) is 10.6. The average Bonchev–Trinajstić information content (AvgIpc) is 2.50. The smallest absolute Gasteiger partial charge is 0.142 e. The van der Waals surface area contributed by atoms with Crippen molar-refractivity contribution in [3.05, 3.63) is 18.3 Å². The second kappa shape index (κ2) is 2.65. The maximum Gasteiger partial charge on any atom is 0.142 e. The first-order valence-corrected chi connectivity index (χ1v) is 3.98. The molecule has 0 bridgehead atoms. The summed E-state index contributed by atoms with van der Waals surface area (Å²) in [6.45, 7) is 0. The zero-order valence-electron chi connectivity index (χ0n) is 7.61. The fraction of sp³-hybridized carbons (Fsp3) is 0.222. The first-order chi connectivity index (χ1) is 6.24. The van der Waals surface area contributed by atoms with Gasteiger partial charge in [-0.25, -0.2) is 0 Å². The van der Waals surface area contributed by atoms with Crippen molar-refractivity contribution in [3.63, 3.8) is 0 Å². The SMILES string of the molecule is COc1ccc2c(cnn2C)c1N. The highest BCUT2D eigenvalue weighted by atomic mass is 16.5. The third-order valence-corrected chi connectivity index (χ3v) is 2.15. The van der Waals surface area contributed by atoms with Crippen LogP contribution >= 0.6 is 0 Å². The number of rotatable bonds is 1. The van der Waals surface area contributed by atoms with Gasteiger partial charge in [-0.1, -0.05) is 0 Å². The van der Waals surface area contributed by atoms with Crippen LogP contribution in [0.25, 0.3) is 10.9 Å². The molecule has 2 rings (SSSR count). The fourth-order valence-corrected chi connectivity index (χ4v) is 1.41. The van der Waals surface area contributed by atoms with Crippen LogP contribution in [0.5, 0.6) is 5.75 Å². The number of ether oxygens (including phenoxy) is 1. The van der Waals surface area contributed by atoms with Crippen molar-refractivity contribution in [3.8, 4) is 5.75 Å². The molecule has 0 spiro atoms. The number of benzene rings is 1. The summed E-state index contributed by atoms with van der Waals surface area (Å²) in [7, 11) is 3.49. The minimum Gasteiger partial charge on any atom is -0.495 e. The van der Waals surface area contributed by atoms with E-state index in [1.807, 2.05) is 19.2 Å². The van der Waals surface area contributed by atoms with E-state index in [0.29, 0.717) is 11.4 Å². The summed E-state index contributed by atoms with van der Waals surface area (Å²) in [6.07, 6.45) is 1.74. The first-order valence-electron chi connectivity index (χ1n) is 3.98. The molecule has 0 saturated carbocycles. The molecule has 0 aliphatic carbocycles. The van der Waals surface area contributed by atoms with Crippen LogP contribution in [0.3, 0.4) is 0 Å². The Morgan fingerprint density at radius 1 is 1.46 bits per heavy atom. The monoisotopic (exact) mass is 177 g/mol. The number of hydrogen-bond donors (Lipinski definition) is 1. The molecule has 1 aromatic carbocycles. The van der Waals surface area contributed by atoms with Gasteiger partial charge in [0.15, 0.2) is 0 Å². The molecule has 1 aromatic heterocycles. The van der Waals surface area contributed by atoms with Gasteiger partial charge in [0, 0.05) is 12.4 Å². The van der Waals surface area contributed by atoms with Crippen molar-refractivity contribution in [1.82, 2.24) is 9.78 Å². The maximum atomic E-state index is 5.86. The van der Waals surface area contributed by atoms with E-state index in [1.165, 1.54) is 0 Å². The van der Waals surface area contributed by atoms with E-state index in [4.69, 9.17) is 10.5 Å². The first kappa shape index (κ1) is 7.91. The summed E-state index contributed by atoms with van der Waals surface area (Å²) < 4.78 is 6.88. The van der Waals surface area contributed by atoms with E-state index >= 15 is 0 Å². The minimum absolute atomic E-state index is 0.646. The Balaban J connectivity index is 2.80. The molecule has 4 heteroatoms. The van der Waals surface area contributed by atoms with Gasteiger partial charge in [0.2, 0.25) is 0 Å². The molecule has 0 aliphatic heterocycles. The van der Waals surface area contributed by atoms with Gasteiger partial charge in [-0.3, -0.25) is 4.68 Å². The van der Waals surface area contributed by atoms with Gasteiger partial charge >= 0.3 is 0 Å². The van der Waals surface area contributed by atoms with Crippen LogP contribution in [-0.2, 0) is 7.05 Å². The Morgan fingerprint density at radius 3 is 2.92 bits per heavy atom. The fourth-order valence-electron chi connectivity index (χ4n) is 1.41. The van der Waals surface area contributed by atoms with E-state index in [0.717, 1.165) is 10.9 Å². The van der Waals surface area contributed by atoms with E-state index in [1.54, 1.807) is 18.0 Å². The number of aryl methyl sites for hydroxylation is 1. The number of anilines is 1. The molecule has 1 heterocycles. The molecule has 0 unspecified atom stereocenters. The lowest BCUT2D eigenvalue weighted by Crippen LogP contribution is -1.93. The van der Waals surface area contributed by atoms with Crippen molar-refractivity contribution in [2.24, 2.45) is 7.05 Å². The van der Waals surface area contributed by atoms with Gasteiger partial charge in [-0.05, 0) is 12.1 Å². The van der Waals surface area contributed by atoms with Crippen LogP contribution in [0, 0.1) is 0 Å². The summed E-state index contributed by atoms with van der Waals surface area (Å²) in [5.41, 5.74) is 7.52. The lowest BCUT2D eigenvalue weighted by atomic mass is 10.2. The number of nitrogens with zero attached hydrogens (tertiary/aromatic N) is 2. The van der Waals surface area contributed by atoms with Crippen LogP contribution in [0.1, 0.15) is 0 Å². The molecule has 2 aromatic rings. The van der Waals surface area contributed by atoms with Gasteiger partial charge in [0.25, 0.3) is 0 Å². The van der Waals surface area contributed by atoms with E-state index in [9.17, 15) is 0 Å². The van der Waals surface area contributed by atoms with Crippen molar-refractivity contribution in [2.45, 2.75) is 0 Å². The Bertz CT molecular complexity index is 447. The number of methoxy groups -OCH3 is 1. The molecule has 0 radical (unpaired) electrons. The molecule has 68 valence electrons. The summed E-state index contributed by atoms with van der Waals surface area (Å²) in [5, 5.41) is 5.05. The predicted molar refractivity (Wildman–Crippen MR) is 51.7 cm³/mol. The van der Waals surface area contributed by atoms with Crippen LogP contribution in [0.4, 0.5) is 5.69 Å². The minimum atomic E-state index is 0.646. The standard InChI is InChI=1S/C9H11N3O/c1-12-7-3-4-8(13-2)9(10)6(7)5-11-12/h3-5H,10H2,1-2H3. The Labute approximate surface area is 75.9 Å². The number of nitrogen functional groups attached to an aromatic ring is 1. The topological polar surface area (TPSA) is 53.1 Å². The van der Waals surface area contributed by atoms with Crippen LogP contribution in [0.15, 0.2) is 18.3 Å². The van der Waals surface area contributed by atoms with Crippen molar-refractivity contribution in [1.29, 1.82) is 0 Å². The van der Waals surface area contributed by atoms with E-state index in [-0.39, 0.29) is 0 Å². The Hall–Kier alpha value is -1.71. The third-order valence-electron chi connectivity index (χ3n) is 2.15. The molecule has 4 nitrogen and oxygen atoms in total. The number of fused-ring (bicyclic) bond motifs is 1. The van der Waals surface area contributed by atoms with Crippen molar-refractivity contribution in [2.75, 3.05) is 12.8 Å². The largest absolute Gasteiger partial charge is 0.495 e. The summed E-state index contributed by atoms with van der Waals surface area (Å²) in [6, 6.07) is 3.79. The molecule has 0 atom stereocenters. The lowest BCUT2D eigenvalue weighted by Gasteiger charge is -2.04. The van der Waals surface area contributed by atoms with Gasteiger partial charge in [-0.2, -0.15) is 5.10 Å². The lowest BCUT2D eigenvalue weighted by molar-refractivity contribution is 0.417. The summed E-state index contributed by atoms with van der Waals surface area (Å²) in [5.74, 6) is 0.695. The molecule has 0 amide bonds. The van der Waals surface area contributed by atoms with Crippen LogP contribution in [-0.4, -0.2) is 16.9 Å². The van der Waals surface area contributed by atoms with Crippen LogP contribution in [0.2, 0.25) is 0 Å². The molecule has 13 heavy (non-hydrogen) atoms. The quantitative estimate of drug-likeness (QED) is 0.665. The number of hydrogen-bond acceptors (Lipinski definition) is 3. The van der Waals surface area contributed by atoms with Crippen molar-refractivity contribution >= 4 is 16.6 Å². The zero-order chi connectivity index (χ0) is 9.42. The highest BCUT2D eigenvalue weighted by Gasteiger charge is 2.06. The molecule has 0 fully saturated rings. The number of nitrogens with two attached hydrogens (primary N) is 1. The Kier molecular flexibility index (Phi) is 1.62. The van der Waals surface area contributed by atoms with Gasteiger partial charge in [-0.15, -0.1) is 0 Å².